The lowest BCUT2D eigenvalue weighted by Crippen LogP contribution is -2.13. The molecule has 0 aromatic heterocycles. The highest BCUT2D eigenvalue weighted by atomic mass is 127. The number of aromatic hydroxyl groups is 1. The molecule has 27 heavy (non-hydrogen) atoms. The third-order valence-corrected chi connectivity index (χ3v) is 5.29. The number of hydrogen-bond acceptors (Lipinski definition) is 4. The van der Waals surface area contributed by atoms with Crippen molar-refractivity contribution in [1.29, 1.82) is 0 Å². The summed E-state index contributed by atoms with van der Waals surface area (Å²) in [4.78, 5) is 0. The maximum absolute atomic E-state index is 10.6. The zero-order chi connectivity index (χ0) is 20.4. The molecule has 0 fully saturated rings. The van der Waals surface area contributed by atoms with E-state index in [0.717, 1.165) is 46.0 Å². The molecular weight excluding hydrogens is 455 g/mol. The second kappa shape index (κ2) is 12.2. The van der Waals surface area contributed by atoms with Gasteiger partial charge in [0, 0.05) is 0 Å². The van der Waals surface area contributed by atoms with E-state index in [4.69, 9.17) is 4.74 Å². The molecule has 0 aliphatic heterocycles. The molecule has 0 aliphatic carbocycles. The van der Waals surface area contributed by atoms with E-state index in [2.05, 4.69) is 49.1 Å². The van der Waals surface area contributed by atoms with E-state index >= 15 is 0 Å². The lowest BCUT2D eigenvalue weighted by Gasteiger charge is -2.18. The molecule has 1 unspecified atom stereocenters. The first kappa shape index (κ1) is 23.7. The van der Waals surface area contributed by atoms with Gasteiger partial charge < -0.3 is 20.1 Å². The lowest BCUT2D eigenvalue weighted by atomic mass is 9.93. The minimum atomic E-state index is -0.638. The Hall–Kier alpha value is -1.31. The number of methoxy groups -OCH3 is 1. The van der Waals surface area contributed by atoms with Crippen LogP contribution in [-0.4, -0.2) is 35.1 Å². The molecule has 1 aromatic rings. The number of benzene rings is 1. The summed E-state index contributed by atoms with van der Waals surface area (Å²) in [6.45, 7) is 8.10. The van der Waals surface area contributed by atoms with Crippen molar-refractivity contribution in [3.8, 4) is 11.5 Å². The van der Waals surface area contributed by atoms with Crippen LogP contribution in [0, 0.1) is 3.57 Å². The van der Waals surface area contributed by atoms with Gasteiger partial charge in [-0.15, -0.1) is 0 Å². The molecule has 0 bridgehead atoms. The van der Waals surface area contributed by atoms with Crippen LogP contribution in [0.2, 0.25) is 0 Å². The van der Waals surface area contributed by atoms with Gasteiger partial charge in [0.2, 0.25) is 0 Å². The van der Waals surface area contributed by atoms with Crippen molar-refractivity contribution in [2.45, 2.75) is 52.1 Å². The Kier molecular flexibility index (Phi) is 10.7. The molecule has 0 amide bonds. The first-order valence-electron chi connectivity index (χ1n) is 9.30. The Morgan fingerprint density at radius 3 is 2.56 bits per heavy atom. The SMILES string of the molecule is C=C(CCC)/C(=C/CO)C(O)CC/C(=C/c1cc(I)c(O)c(OC)c1)CC. The molecule has 1 rings (SSSR count). The van der Waals surface area contributed by atoms with Gasteiger partial charge in [-0.25, -0.2) is 0 Å². The number of phenolic OH excluding ortho intramolecular Hbond substituents is 1. The summed E-state index contributed by atoms with van der Waals surface area (Å²) >= 11 is 2.08. The van der Waals surface area contributed by atoms with Gasteiger partial charge in [-0.3, -0.25) is 0 Å². The van der Waals surface area contributed by atoms with E-state index in [9.17, 15) is 15.3 Å². The Morgan fingerprint density at radius 1 is 1.30 bits per heavy atom. The lowest BCUT2D eigenvalue weighted by molar-refractivity contribution is 0.200. The predicted octanol–water partition coefficient (Wildman–Crippen LogP) is 5.21. The van der Waals surface area contributed by atoms with Crippen LogP contribution in [0.4, 0.5) is 0 Å². The van der Waals surface area contributed by atoms with E-state index in [1.54, 1.807) is 6.08 Å². The molecule has 4 nitrogen and oxygen atoms in total. The topological polar surface area (TPSA) is 69.9 Å². The van der Waals surface area contributed by atoms with Gasteiger partial charge in [-0.1, -0.05) is 44.6 Å². The maximum Gasteiger partial charge on any atom is 0.171 e. The highest BCUT2D eigenvalue weighted by Gasteiger charge is 2.14. The molecule has 150 valence electrons. The van der Waals surface area contributed by atoms with Gasteiger partial charge in [-0.2, -0.15) is 0 Å². The molecular formula is C22H31IO4. The minimum absolute atomic E-state index is 0.0999. The summed E-state index contributed by atoms with van der Waals surface area (Å²) in [6, 6.07) is 3.72. The fourth-order valence-corrected chi connectivity index (χ4v) is 3.58. The smallest absolute Gasteiger partial charge is 0.171 e. The van der Waals surface area contributed by atoms with E-state index in [1.807, 2.05) is 12.1 Å². The van der Waals surface area contributed by atoms with Crippen molar-refractivity contribution in [2.75, 3.05) is 13.7 Å². The maximum atomic E-state index is 10.6. The monoisotopic (exact) mass is 486 g/mol. The van der Waals surface area contributed by atoms with Gasteiger partial charge in [0.1, 0.15) is 0 Å². The third-order valence-electron chi connectivity index (χ3n) is 4.46. The second-order valence-electron chi connectivity index (χ2n) is 6.46. The number of rotatable bonds is 11. The van der Waals surface area contributed by atoms with Gasteiger partial charge >= 0.3 is 0 Å². The standard InChI is InChI=1S/C22H31IO4/c1-5-7-15(3)18(10-11-24)20(25)9-8-16(6-2)12-17-13-19(23)22(26)21(14-17)27-4/h10,12-14,20,24-26H,3,5-9,11H2,1-2,4H3/b16-12+,18-10-. The molecule has 3 N–H and O–H groups in total. The van der Waals surface area contributed by atoms with Crippen LogP contribution in [0.1, 0.15) is 51.5 Å². The highest BCUT2D eigenvalue weighted by Crippen LogP contribution is 2.33. The Balaban J connectivity index is 2.92. The van der Waals surface area contributed by atoms with Crippen LogP contribution < -0.4 is 4.74 Å². The first-order chi connectivity index (χ1) is 12.9. The number of ether oxygens (including phenoxy) is 1. The fraction of sp³-hybridized carbons (Fsp3) is 0.455. The minimum Gasteiger partial charge on any atom is -0.504 e. The third kappa shape index (κ3) is 7.31. The fourth-order valence-electron chi connectivity index (χ4n) is 2.96. The van der Waals surface area contributed by atoms with Gasteiger partial charge in [0.05, 0.1) is 23.4 Å². The van der Waals surface area contributed by atoms with Gasteiger partial charge in [0.25, 0.3) is 0 Å². The van der Waals surface area contributed by atoms with Crippen molar-refractivity contribution in [1.82, 2.24) is 0 Å². The van der Waals surface area contributed by atoms with E-state index in [0.29, 0.717) is 12.2 Å². The molecule has 0 heterocycles. The van der Waals surface area contributed by atoms with Crippen LogP contribution in [0.3, 0.4) is 0 Å². The van der Waals surface area contributed by atoms with Crippen LogP contribution in [0.15, 0.2) is 41.5 Å². The van der Waals surface area contributed by atoms with Crippen LogP contribution >= 0.6 is 22.6 Å². The van der Waals surface area contributed by atoms with Crippen molar-refractivity contribution >= 4 is 28.7 Å². The molecule has 0 saturated heterocycles. The second-order valence-corrected chi connectivity index (χ2v) is 7.62. The summed E-state index contributed by atoms with van der Waals surface area (Å²) in [7, 11) is 1.54. The Bertz CT molecular complexity index is 692. The predicted molar refractivity (Wildman–Crippen MR) is 120 cm³/mol. The average Bonchev–Trinajstić information content (AvgIpc) is 2.65. The molecule has 0 radical (unpaired) electrons. The van der Waals surface area contributed by atoms with Crippen LogP contribution in [-0.2, 0) is 0 Å². The quantitative estimate of drug-likeness (QED) is 0.297. The molecule has 0 spiro atoms. The largest absolute Gasteiger partial charge is 0.504 e. The first-order valence-corrected chi connectivity index (χ1v) is 10.4. The van der Waals surface area contributed by atoms with E-state index in [-0.39, 0.29) is 12.4 Å². The molecule has 1 aromatic carbocycles. The summed E-state index contributed by atoms with van der Waals surface area (Å²) < 4.78 is 5.96. The Morgan fingerprint density at radius 2 is 2.00 bits per heavy atom. The number of allylic oxidation sites excluding steroid dienone is 1. The van der Waals surface area contributed by atoms with E-state index in [1.165, 1.54) is 12.7 Å². The van der Waals surface area contributed by atoms with Gasteiger partial charge in [0.15, 0.2) is 11.5 Å². The van der Waals surface area contributed by atoms with Crippen molar-refractivity contribution in [3.05, 3.63) is 50.6 Å². The van der Waals surface area contributed by atoms with E-state index < -0.39 is 6.10 Å². The summed E-state index contributed by atoms with van der Waals surface area (Å²) in [5.41, 5.74) is 3.79. The van der Waals surface area contributed by atoms with Crippen LogP contribution in [0.5, 0.6) is 11.5 Å². The average molecular weight is 486 g/mol. The summed E-state index contributed by atoms with van der Waals surface area (Å²) in [5.74, 6) is 0.601. The summed E-state index contributed by atoms with van der Waals surface area (Å²) in [5, 5.41) is 29.8. The van der Waals surface area contributed by atoms with Crippen molar-refractivity contribution in [3.63, 3.8) is 0 Å². The zero-order valence-electron chi connectivity index (χ0n) is 16.5. The highest BCUT2D eigenvalue weighted by molar-refractivity contribution is 14.1. The molecule has 0 aliphatic rings. The molecule has 5 heteroatoms. The molecule has 0 saturated carbocycles. The number of aliphatic hydroxyl groups is 2. The van der Waals surface area contributed by atoms with Crippen molar-refractivity contribution < 1.29 is 20.1 Å². The number of phenols is 1. The number of hydrogen-bond donors (Lipinski definition) is 3. The van der Waals surface area contributed by atoms with Gasteiger partial charge in [-0.05, 0) is 77.1 Å². The number of aliphatic hydroxyl groups excluding tert-OH is 2. The van der Waals surface area contributed by atoms with Crippen molar-refractivity contribution in [2.24, 2.45) is 0 Å². The van der Waals surface area contributed by atoms with Crippen LogP contribution in [0.25, 0.3) is 6.08 Å². The normalized spacial score (nSPS) is 13.6. The Labute approximate surface area is 176 Å². The summed E-state index contributed by atoms with van der Waals surface area (Å²) in [6.07, 6.45) is 7.03. The number of halogens is 1. The molecule has 1 atom stereocenters. The zero-order valence-corrected chi connectivity index (χ0v) is 18.6.